The molecule has 5 nitrogen and oxygen atoms in total. The third kappa shape index (κ3) is 4.31. The molecule has 0 atom stereocenters. The SMILES string of the molecule is CSCC(=O)Nc1ccc(OCc2ncc(C)o2)cc1. The number of aryl methyl sites for hydroxylation is 1. The predicted octanol–water partition coefficient (Wildman–Crippen LogP) is 2.86. The van der Waals surface area contributed by atoms with Gasteiger partial charge in [0, 0.05) is 5.69 Å². The van der Waals surface area contributed by atoms with E-state index in [1.165, 1.54) is 11.8 Å². The number of anilines is 1. The number of oxazole rings is 1. The van der Waals surface area contributed by atoms with Crippen molar-refractivity contribution in [1.29, 1.82) is 0 Å². The van der Waals surface area contributed by atoms with Crippen LogP contribution in [0.4, 0.5) is 5.69 Å². The molecule has 1 N–H and O–H groups in total. The number of amides is 1. The summed E-state index contributed by atoms with van der Waals surface area (Å²) in [5.41, 5.74) is 0.753. The Balaban J connectivity index is 1.86. The molecule has 0 saturated carbocycles. The van der Waals surface area contributed by atoms with Crippen molar-refractivity contribution in [3.63, 3.8) is 0 Å². The van der Waals surface area contributed by atoms with Crippen LogP contribution in [0.3, 0.4) is 0 Å². The molecule has 0 aliphatic rings. The fraction of sp³-hybridized carbons (Fsp3) is 0.286. The van der Waals surface area contributed by atoms with Gasteiger partial charge in [0.25, 0.3) is 0 Å². The Labute approximate surface area is 121 Å². The van der Waals surface area contributed by atoms with E-state index < -0.39 is 0 Å². The second kappa shape index (κ2) is 7.00. The Morgan fingerprint density at radius 1 is 1.40 bits per heavy atom. The van der Waals surface area contributed by atoms with Crippen LogP contribution in [-0.2, 0) is 11.4 Å². The smallest absolute Gasteiger partial charge is 0.234 e. The molecule has 1 amide bonds. The van der Waals surface area contributed by atoms with Crippen molar-refractivity contribution in [2.24, 2.45) is 0 Å². The zero-order valence-electron chi connectivity index (χ0n) is 11.4. The van der Waals surface area contributed by atoms with E-state index in [9.17, 15) is 4.79 Å². The number of hydrogen-bond donors (Lipinski definition) is 1. The van der Waals surface area contributed by atoms with Gasteiger partial charge in [-0.25, -0.2) is 4.98 Å². The van der Waals surface area contributed by atoms with Crippen molar-refractivity contribution in [3.8, 4) is 5.75 Å². The number of nitrogens with one attached hydrogen (secondary N) is 1. The highest BCUT2D eigenvalue weighted by Gasteiger charge is 2.03. The van der Waals surface area contributed by atoms with Crippen molar-refractivity contribution in [2.45, 2.75) is 13.5 Å². The maximum absolute atomic E-state index is 11.4. The molecule has 1 heterocycles. The first-order valence-corrected chi connectivity index (χ1v) is 7.49. The molecule has 0 saturated heterocycles. The van der Waals surface area contributed by atoms with Crippen LogP contribution < -0.4 is 10.1 Å². The van der Waals surface area contributed by atoms with Gasteiger partial charge in [-0.15, -0.1) is 0 Å². The van der Waals surface area contributed by atoms with Crippen molar-refractivity contribution in [1.82, 2.24) is 4.98 Å². The highest BCUT2D eigenvalue weighted by atomic mass is 32.2. The Bertz CT molecular complexity index is 566. The normalized spacial score (nSPS) is 10.3. The van der Waals surface area contributed by atoms with E-state index in [-0.39, 0.29) is 12.5 Å². The molecule has 0 radical (unpaired) electrons. The Morgan fingerprint density at radius 3 is 2.75 bits per heavy atom. The molecule has 1 aromatic carbocycles. The number of carbonyl (C=O) groups excluding carboxylic acids is 1. The summed E-state index contributed by atoms with van der Waals surface area (Å²) < 4.78 is 10.9. The second-order valence-corrected chi connectivity index (χ2v) is 5.02. The first-order chi connectivity index (χ1) is 9.67. The van der Waals surface area contributed by atoms with E-state index in [0.29, 0.717) is 17.4 Å². The largest absolute Gasteiger partial charge is 0.484 e. The van der Waals surface area contributed by atoms with Crippen LogP contribution in [0.25, 0.3) is 0 Å². The van der Waals surface area contributed by atoms with Gasteiger partial charge in [-0.1, -0.05) is 0 Å². The van der Waals surface area contributed by atoms with Crippen LogP contribution in [0.5, 0.6) is 5.75 Å². The lowest BCUT2D eigenvalue weighted by molar-refractivity contribution is -0.113. The number of thioether (sulfide) groups is 1. The summed E-state index contributed by atoms with van der Waals surface area (Å²) in [4.78, 5) is 15.5. The van der Waals surface area contributed by atoms with Gasteiger partial charge in [0.05, 0.1) is 11.9 Å². The molecule has 0 spiro atoms. The van der Waals surface area contributed by atoms with Gasteiger partial charge in [0.15, 0.2) is 6.61 Å². The van der Waals surface area contributed by atoms with Crippen LogP contribution in [0.2, 0.25) is 0 Å². The van der Waals surface area contributed by atoms with Crippen LogP contribution in [-0.4, -0.2) is 22.9 Å². The van der Waals surface area contributed by atoms with Crippen LogP contribution in [0.15, 0.2) is 34.9 Å². The van der Waals surface area contributed by atoms with Gasteiger partial charge in [-0.2, -0.15) is 11.8 Å². The topological polar surface area (TPSA) is 64.4 Å². The zero-order chi connectivity index (χ0) is 14.4. The fourth-order valence-corrected chi connectivity index (χ4v) is 1.91. The number of ether oxygens (including phenoxy) is 1. The van der Waals surface area contributed by atoms with Gasteiger partial charge in [-0.05, 0) is 37.4 Å². The van der Waals surface area contributed by atoms with Gasteiger partial charge in [-0.3, -0.25) is 4.79 Å². The van der Waals surface area contributed by atoms with E-state index in [4.69, 9.17) is 9.15 Å². The number of rotatable bonds is 6. The van der Waals surface area contributed by atoms with E-state index in [1.54, 1.807) is 30.5 Å². The molecule has 0 fully saturated rings. The summed E-state index contributed by atoms with van der Waals surface area (Å²) in [5, 5.41) is 2.80. The standard InChI is InChI=1S/C14H16N2O3S/c1-10-7-15-14(19-10)8-18-12-5-3-11(4-6-12)16-13(17)9-20-2/h3-7H,8-9H2,1-2H3,(H,16,17). The van der Waals surface area contributed by atoms with Crippen LogP contribution >= 0.6 is 11.8 Å². The van der Waals surface area contributed by atoms with Gasteiger partial charge < -0.3 is 14.5 Å². The Kier molecular flexibility index (Phi) is 5.06. The molecule has 1 aromatic heterocycles. The van der Waals surface area contributed by atoms with Crippen LogP contribution in [0.1, 0.15) is 11.7 Å². The Hall–Kier alpha value is -1.95. The van der Waals surface area contributed by atoms with Crippen molar-refractivity contribution in [2.75, 3.05) is 17.3 Å². The van der Waals surface area contributed by atoms with E-state index in [2.05, 4.69) is 10.3 Å². The zero-order valence-corrected chi connectivity index (χ0v) is 12.2. The molecule has 0 aliphatic carbocycles. The van der Waals surface area contributed by atoms with Gasteiger partial charge in [0.2, 0.25) is 11.8 Å². The quantitative estimate of drug-likeness (QED) is 0.887. The molecule has 6 heteroatoms. The summed E-state index contributed by atoms with van der Waals surface area (Å²) >= 11 is 1.49. The number of hydrogen-bond acceptors (Lipinski definition) is 5. The molecule has 20 heavy (non-hydrogen) atoms. The van der Waals surface area contributed by atoms with E-state index in [1.807, 2.05) is 13.2 Å². The molecule has 0 bridgehead atoms. The minimum absolute atomic E-state index is 0.0126. The van der Waals surface area contributed by atoms with Gasteiger partial charge >= 0.3 is 0 Å². The van der Waals surface area contributed by atoms with E-state index >= 15 is 0 Å². The highest BCUT2D eigenvalue weighted by molar-refractivity contribution is 7.99. The summed E-state index contributed by atoms with van der Waals surface area (Å²) in [6.07, 6.45) is 3.55. The first-order valence-electron chi connectivity index (χ1n) is 6.10. The van der Waals surface area contributed by atoms with E-state index in [0.717, 1.165) is 11.4 Å². The molecular formula is C14H16N2O3S. The summed E-state index contributed by atoms with van der Waals surface area (Å²) in [6.45, 7) is 2.12. The van der Waals surface area contributed by atoms with Crippen LogP contribution in [0, 0.1) is 6.92 Å². The first kappa shape index (κ1) is 14.5. The van der Waals surface area contributed by atoms with Crippen molar-refractivity contribution < 1.29 is 13.9 Å². The van der Waals surface area contributed by atoms with Crippen molar-refractivity contribution >= 4 is 23.4 Å². The third-order valence-corrected chi connectivity index (χ3v) is 3.00. The highest BCUT2D eigenvalue weighted by Crippen LogP contribution is 2.17. The average molecular weight is 292 g/mol. The number of aromatic nitrogens is 1. The minimum atomic E-state index is -0.0126. The fourth-order valence-electron chi connectivity index (χ4n) is 1.58. The lowest BCUT2D eigenvalue weighted by atomic mass is 10.3. The van der Waals surface area contributed by atoms with Gasteiger partial charge in [0.1, 0.15) is 11.5 Å². The molecule has 106 valence electrons. The summed E-state index contributed by atoms with van der Waals surface area (Å²) in [6, 6.07) is 7.19. The van der Waals surface area contributed by atoms with Crippen molar-refractivity contribution in [3.05, 3.63) is 42.1 Å². The number of nitrogens with zero attached hydrogens (tertiary/aromatic N) is 1. The molecule has 0 aliphatic heterocycles. The monoisotopic (exact) mass is 292 g/mol. The summed E-state index contributed by atoms with van der Waals surface area (Å²) in [5.74, 6) is 2.43. The maximum Gasteiger partial charge on any atom is 0.234 e. The minimum Gasteiger partial charge on any atom is -0.484 e. The third-order valence-electron chi connectivity index (χ3n) is 2.44. The molecule has 0 unspecified atom stereocenters. The summed E-state index contributed by atoms with van der Waals surface area (Å²) in [7, 11) is 0. The second-order valence-electron chi connectivity index (χ2n) is 4.16. The molecular weight excluding hydrogens is 276 g/mol. The average Bonchev–Trinajstić information content (AvgIpc) is 2.84. The Morgan fingerprint density at radius 2 is 2.15 bits per heavy atom. The lowest BCUT2D eigenvalue weighted by Crippen LogP contribution is -2.13. The number of benzene rings is 1. The number of carbonyl (C=O) groups is 1. The lowest BCUT2D eigenvalue weighted by Gasteiger charge is -2.06. The maximum atomic E-state index is 11.4. The predicted molar refractivity (Wildman–Crippen MR) is 79.0 cm³/mol. The molecule has 2 aromatic rings. The molecule has 2 rings (SSSR count).